The molecule has 0 spiro atoms. The van der Waals surface area contributed by atoms with Crippen LogP contribution in [-0.4, -0.2) is 41.6 Å². The van der Waals surface area contributed by atoms with E-state index in [0.29, 0.717) is 26.1 Å². The summed E-state index contributed by atoms with van der Waals surface area (Å²) >= 11 is 0. The zero-order chi connectivity index (χ0) is 16.1. The minimum absolute atomic E-state index is 0.0321. The Morgan fingerprint density at radius 2 is 1.95 bits per heavy atom. The second-order valence-corrected chi connectivity index (χ2v) is 5.94. The van der Waals surface area contributed by atoms with Crippen molar-refractivity contribution in [2.45, 2.75) is 33.1 Å². The smallest absolute Gasteiger partial charge is 0.308 e. The topological polar surface area (TPSA) is 66.8 Å². The van der Waals surface area contributed by atoms with E-state index in [0.717, 1.165) is 23.3 Å². The minimum atomic E-state index is -0.816. The van der Waals surface area contributed by atoms with E-state index >= 15 is 0 Å². The maximum atomic E-state index is 12.1. The van der Waals surface area contributed by atoms with Gasteiger partial charge in [0.15, 0.2) is 0 Å². The van der Waals surface area contributed by atoms with Gasteiger partial charge in [0, 0.05) is 13.1 Å². The molecular weight excluding hydrogens is 282 g/mol. The number of aryl methyl sites for hydroxylation is 2. The standard InChI is InChI=1S/C17H23NO4/c1-12-8-13(2)10-15(9-12)22-7-5-16(19)18-6-3-4-14(11-18)17(20)21/h8-10,14H,3-7,11H2,1-2H3,(H,20,21). The van der Waals surface area contributed by atoms with Crippen molar-refractivity contribution in [3.63, 3.8) is 0 Å². The van der Waals surface area contributed by atoms with Gasteiger partial charge in [0.2, 0.25) is 5.91 Å². The van der Waals surface area contributed by atoms with E-state index in [2.05, 4.69) is 6.07 Å². The summed E-state index contributed by atoms with van der Waals surface area (Å²) < 4.78 is 5.64. The van der Waals surface area contributed by atoms with Crippen molar-refractivity contribution < 1.29 is 19.4 Å². The lowest BCUT2D eigenvalue weighted by molar-refractivity contribution is -0.145. The molecule has 0 aromatic heterocycles. The SMILES string of the molecule is Cc1cc(C)cc(OCCC(=O)N2CCCC(C(=O)O)C2)c1. The van der Waals surface area contributed by atoms with Crippen LogP contribution in [0.25, 0.3) is 0 Å². The Morgan fingerprint density at radius 3 is 2.59 bits per heavy atom. The van der Waals surface area contributed by atoms with Crippen molar-refractivity contribution in [2.24, 2.45) is 5.92 Å². The van der Waals surface area contributed by atoms with Crippen molar-refractivity contribution in [1.29, 1.82) is 0 Å². The monoisotopic (exact) mass is 305 g/mol. The maximum Gasteiger partial charge on any atom is 0.308 e. The van der Waals surface area contributed by atoms with Gasteiger partial charge < -0.3 is 14.7 Å². The first-order valence-corrected chi connectivity index (χ1v) is 7.67. The Bertz CT molecular complexity index is 535. The van der Waals surface area contributed by atoms with E-state index < -0.39 is 11.9 Å². The number of aliphatic carboxylic acids is 1. The number of nitrogens with zero attached hydrogens (tertiary/aromatic N) is 1. The van der Waals surface area contributed by atoms with Crippen LogP contribution in [-0.2, 0) is 9.59 Å². The van der Waals surface area contributed by atoms with Crippen LogP contribution in [0.1, 0.15) is 30.4 Å². The third kappa shape index (κ3) is 4.48. The molecule has 1 atom stereocenters. The molecule has 2 rings (SSSR count). The predicted octanol–water partition coefficient (Wildman–Crippen LogP) is 2.40. The number of hydrogen-bond acceptors (Lipinski definition) is 3. The summed E-state index contributed by atoms with van der Waals surface area (Å²) in [5.41, 5.74) is 2.25. The highest BCUT2D eigenvalue weighted by Crippen LogP contribution is 2.18. The van der Waals surface area contributed by atoms with Gasteiger partial charge in [-0.3, -0.25) is 9.59 Å². The number of hydrogen-bond donors (Lipinski definition) is 1. The molecule has 1 aliphatic rings. The minimum Gasteiger partial charge on any atom is -0.493 e. The Morgan fingerprint density at radius 1 is 1.27 bits per heavy atom. The number of carbonyl (C=O) groups is 2. The second kappa shape index (κ2) is 7.29. The van der Waals surface area contributed by atoms with Gasteiger partial charge in [-0.2, -0.15) is 0 Å². The van der Waals surface area contributed by atoms with E-state index in [-0.39, 0.29) is 12.3 Å². The summed E-state index contributed by atoms with van der Waals surface area (Å²) in [5, 5.41) is 9.05. The summed E-state index contributed by atoms with van der Waals surface area (Å²) in [6.07, 6.45) is 1.68. The van der Waals surface area contributed by atoms with Gasteiger partial charge >= 0.3 is 5.97 Å². The van der Waals surface area contributed by atoms with Gasteiger partial charge in [-0.15, -0.1) is 0 Å². The summed E-state index contributed by atoms with van der Waals surface area (Å²) in [6.45, 7) is 5.29. The van der Waals surface area contributed by atoms with Crippen LogP contribution in [0.5, 0.6) is 5.75 Å². The molecule has 1 aromatic carbocycles. The third-order valence-electron chi connectivity index (χ3n) is 3.90. The first kappa shape index (κ1) is 16.3. The number of ether oxygens (including phenoxy) is 1. The molecule has 1 aliphatic heterocycles. The summed E-state index contributed by atoms with van der Waals surface area (Å²) in [4.78, 5) is 24.8. The summed E-state index contributed by atoms with van der Waals surface area (Å²) in [5.74, 6) is -0.510. The zero-order valence-electron chi connectivity index (χ0n) is 13.2. The highest BCUT2D eigenvalue weighted by atomic mass is 16.5. The highest BCUT2D eigenvalue weighted by molar-refractivity contribution is 5.78. The van der Waals surface area contributed by atoms with Crippen LogP contribution in [0.15, 0.2) is 18.2 Å². The largest absolute Gasteiger partial charge is 0.493 e. The molecule has 1 fully saturated rings. The van der Waals surface area contributed by atoms with E-state index in [1.165, 1.54) is 0 Å². The van der Waals surface area contributed by atoms with Gasteiger partial charge in [0.25, 0.3) is 0 Å². The van der Waals surface area contributed by atoms with Gasteiger partial charge in [0.1, 0.15) is 5.75 Å². The Balaban J connectivity index is 1.81. The van der Waals surface area contributed by atoms with Crippen LogP contribution in [0.2, 0.25) is 0 Å². The van der Waals surface area contributed by atoms with Crippen LogP contribution in [0, 0.1) is 19.8 Å². The van der Waals surface area contributed by atoms with Crippen molar-refractivity contribution in [3.05, 3.63) is 29.3 Å². The van der Waals surface area contributed by atoms with Crippen LogP contribution in [0.3, 0.4) is 0 Å². The lowest BCUT2D eigenvalue weighted by Gasteiger charge is -2.30. The molecule has 1 amide bonds. The molecule has 0 radical (unpaired) electrons. The van der Waals surface area contributed by atoms with Crippen molar-refractivity contribution in [1.82, 2.24) is 4.90 Å². The normalized spacial score (nSPS) is 18.1. The summed E-state index contributed by atoms with van der Waals surface area (Å²) in [7, 11) is 0. The summed E-state index contributed by atoms with van der Waals surface area (Å²) in [6, 6.07) is 5.95. The number of amides is 1. The number of benzene rings is 1. The molecule has 5 nitrogen and oxygen atoms in total. The quantitative estimate of drug-likeness (QED) is 0.907. The number of likely N-dealkylation sites (tertiary alicyclic amines) is 1. The number of carboxylic acids is 1. The number of piperidine rings is 1. The zero-order valence-corrected chi connectivity index (χ0v) is 13.2. The van der Waals surface area contributed by atoms with Gasteiger partial charge in [-0.25, -0.2) is 0 Å². The van der Waals surface area contributed by atoms with Crippen LogP contribution in [0.4, 0.5) is 0 Å². The molecule has 5 heteroatoms. The van der Waals surface area contributed by atoms with E-state index in [1.54, 1.807) is 4.90 Å². The molecule has 0 saturated carbocycles. The molecule has 1 saturated heterocycles. The molecule has 120 valence electrons. The number of carboxylic acid groups (broad SMARTS) is 1. The number of rotatable bonds is 5. The average molecular weight is 305 g/mol. The molecule has 0 aliphatic carbocycles. The third-order valence-corrected chi connectivity index (χ3v) is 3.90. The molecule has 1 aromatic rings. The lowest BCUT2D eigenvalue weighted by Crippen LogP contribution is -2.42. The first-order chi connectivity index (χ1) is 10.5. The highest BCUT2D eigenvalue weighted by Gasteiger charge is 2.27. The first-order valence-electron chi connectivity index (χ1n) is 7.67. The molecule has 1 heterocycles. The van der Waals surface area contributed by atoms with Gasteiger partial charge in [-0.05, 0) is 49.9 Å². The lowest BCUT2D eigenvalue weighted by atomic mass is 9.98. The van der Waals surface area contributed by atoms with E-state index in [9.17, 15) is 9.59 Å². The van der Waals surface area contributed by atoms with Crippen molar-refractivity contribution in [2.75, 3.05) is 19.7 Å². The molecule has 1 N–H and O–H groups in total. The van der Waals surface area contributed by atoms with Crippen molar-refractivity contribution >= 4 is 11.9 Å². The second-order valence-electron chi connectivity index (χ2n) is 5.94. The predicted molar refractivity (Wildman–Crippen MR) is 83.0 cm³/mol. The number of carbonyl (C=O) groups excluding carboxylic acids is 1. The Kier molecular flexibility index (Phi) is 5.41. The van der Waals surface area contributed by atoms with E-state index in [4.69, 9.17) is 9.84 Å². The van der Waals surface area contributed by atoms with Gasteiger partial charge in [-0.1, -0.05) is 6.07 Å². The van der Waals surface area contributed by atoms with Gasteiger partial charge in [0.05, 0.1) is 18.9 Å². The fourth-order valence-corrected chi connectivity index (χ4v) is 2.84. The fraction of sp³-hybridized carbons (Fsp3) is 0.529. The maximum absolute atomic E-state index is 12.1. The van der Waals surface area contributed by atoms with Crippen LogP contribution < -0.4 is 4.74 Å². The molecule has 1 unspecified atom stereocenters. The Labute approximate surface area is 130 Å². The fourth-order valence-electron chi connectivity index (χ4n) is 2.84. The molecule has 22 heavy (non-hydrogen) atoms. The van der Waals surface area contributed by atoms with Crippen molar-refractivity contribution in [3.8, 4) is 5.75 Å². The molecule has 0 bridgehead atoms. The van der Waals surface area contributed by atoms with E-state index in [1.807, 2.05) is 26.0 Å². The molecular formula is C17H23NO4. The average Bonchev–Trinajstić information content (AvgIpc) is 2.46. The Hall–Kier alpha value is -2.04. The van der Waals surface area contributed by atoms with Crippen LogP contribution >= 0.6 is 0 Å².